The fraction of sp³-hybridized carbons (Fsp3) is 0.263. The molecule has 5 nitrogen and oxygen atoms in total. The van der Waals surface area contributed by atoms with Gasteiger partial charge in [-0.15, -0.1) is 0 Å². The summed E-state index contributed by atoms with van der Waals surface area (Å²) in [6, 6.07) is 15.4. The van der Waals surface area contributed by atoms with E-state index in [2.05, 4.69) is 10.6 Å². The lowest BCUT2D eigenvalue weighted by atomic mass is 10.0. The summed E-state index contributed by atoms with van der Waals surface area (Å²) in [7, 11) is 1.51. The topological polar surface area (TPSA) is 67.4 Å². The number of hydrogen-bond donors (Lipinski definition) is 2. The Morgan fingerprint density at radius 2 is 1.58 bits per heavy atom. The Kier molecular flexibility index (Phi) is 5.95. The molecule has 2 N–H and O–H groups in total. The van der Waals surface area contributed by atoms with E-state index >= 15 is 0 Å². The second-order valence-corrected chi connectivity index (χ2v) is 5.75. The summed E-state index contributed by atoms with van der Waals surface area (Å²) >= 11 is 0. The van der Waals surface area contributed by atoms with Crippen molar-refractivity contribution >= 4 is 17.5 Å². The predicted molar refractivity (Wildman–Crippen MR) is 94.2 cm³/mol. The lowest BCUT2D eigenvalue weighted by Crippen LogP contribution is -2.47. The van der Waals surface area contributed by atoms with Crippen molar-refractivity contribution in [2.24, 2.45) is 5.92 Å². The van der Waals surface area contributed by atoms with Crippen LogP contribution in [0, 0.1) is 5.92 Å². The number of hydrogen-bond acceptors (Lipinski definition) is 3. The Bertz CT molecular complexity index is 699. The molecular weight excluding hydrogens is 304 g/mol. The molecule has 2 aromatic rings. The number of benzene rings is 2. The Morgan fingerprint density at radius 3 is 2.21 bits per heavy atom. The molecule has 0 aromatic heterocycles. The summed E-state index contributed by atoms with van der Waals surface area (Å²) < 4.78 is 5.20. The number of anilines is 1. The van der Waals surface area contributed by atoms with Crippen LogP contribution in [0.4, 0.5) is 5.69 Å². The number of ether oxygens (including phenoxy) is 1. The molecule has 0 heterocycles. The summed E-state index contributed by atoms with van der Waals surface area (Å²) in [4.78, 5) is 25.0. The van der Waals surface area contributed by atoms with Gasteiger partial charge in [0.1, 0.15) is 11.8 Å². The summed E-state index contributed by atoms with van der Waals surface area (Å²) in [5.74, 6) is -0.179. The first-order valence-corrected chi connectivity index (χ1v) is 7.82. The molecule has 0 spiro atoms. The van der Waals surface area contributed by atoms with Gasteiger partial charge in [-0.2, -0.15) is 0 Å². The molecule has 0 aliphatic carbocycles. The molecule has 0 aliphatic rings. The number of amides is 2. The minimum absolute atomic E-state index is 0.0626. The highest BCUT2D eigenvalue weighted by atomic mass is 16.5. The molecule has 2 rings (SSSR count). The number of nitrogens with one attached hydrogen (secondary N) is 2. The first-order chi connectivity index (χ1) is 11.5. The molecule has 0 unspecified atom stereocenters. The highest BCUT2D eigenvalue weighted by Gasteiger charge is 2.25. The number of methoxy groups -OCH3 is 1. The molecule has 1 atom stereocenters. The van der Waals surface area contributed by atoms with Gasteiger partial charge in [0.05, 0.1) is 12.7 Å². The molecule has 0 aliphatic heterocycles. The predicted octanol–water partition coefficient (Wildman–Crippen LogP) is 3.09. The summed E-state index contributed by atoms with van der Waals surface area (Å²) in [5.41, 5.74) is 1.10. The van der Waals surface area contributed by atoms with Crippen LogP contribution in [0.25, 0.3) is 0 Å². The molecule has 2 aromatic carbocycles. The van der Waals surface area contributed by atoms with Crippen LogP contribution in [0.15, 0.2) is 54.6 Å². The van der Waals surface area contributed by atoms with Crippen molar-refractivity contribution in [2.75, 3.05) is 12.4 Å². The lowest BCUT2D eigenvalue weighted by Gasteiger charge is -2.22. The highest BCUT2D eigenvalue weighted by Crippen LogP contribution is 2.18. The molecule has 0 saturated carbocycles. The standard InChI is InChI=1S/C19H22N2O3/c1-13(2)17(19(23)20-14-9-5-4-6-10-14)21-18(22)15-11-7-8-12-16(15)24-3/h4-13,17H,1-3H3,(H,20,23)(H,21,22)/t17-/m0/s1. The minimum atomic E-state index is -0.650. The third-order valence-electron chi connectivity index (χ3n) is 3.63. The lowest BCUT2D eigenvalue weighted by molar-refractivity contribution is -0.118. The van der Waals surface area contributed by atoms with Crippen molar-refractivity contribution in [2.45, 2.75) is 19.9 Å². The zero-order valence-corrected chi connectivity index (χ0v) is 14.1. The van der Waals surface area contributed by atoms with Gasteiger partial charge in [0, 0.05) is 5.69 Å². The smallest absolute Gasteiger partial charge is 0.255 e. The quantitative estimate of drug-likeness (QED) is 0.857. The van der Waals surface area contributed by atoms with Gasteiger partial charge in [0.2, 0.25) is 5.91 Å². The Labute approximate surface area is 142 Å². The maximum Gasteiger partial charge on any atom is 0.255 e. The van der Waals surface area contributed by atoms with Crippen LogP contribution in [-0.2, 0) is 4.79 Å². The van der Waals surface area contributed by atoms with Gasteiger partial charge in [-0.3, -0.25) is 9.59 Å². The first-order valence-electron chi connectivity index (χ1n) is 7.82. The second-order valence-electron chi connectivity index (χ2n) is 5.75. The van der Waals surface area contributed by atoms with E-state index in [9.17, 15) is 9.59 Å². The molecule has 2 amide bonds. The average Bonchev–Trinajstić information content (AvgIpc) is 2.59. The van der Waals surface area contributed by atoms with E-state index in [1.165, 1.54) is 7.11 Å². The Hall–Kier alpha value is -2.82. The molecule has 0 fully saturated rings. The number of para-hydroxylation sites is 2. The zero-order chi connectivity index (χ0) is 17.5. The summed E-state index contributed by atoms with van der Waals surface area (Å²) in [5, 5.41) is 5.62. The third-order valence-corrected chi connectivity index (χ3v) is 3.63. The van der Waals surface area contributed by atoms with Gasteiger partial charge in [0.15, 0.2) is 0 Å². The van der Waals surface area contributed by atoms with Crippen molar-refractivity contribution in [1.82, 2.24) is 5.32 Å². The first kappa shape index (κ1) is 17.5. The Balaban J connectivity index is 2.13. The maximum absolute atomic E-state index is 12.5. The van der Waals surface area contributed by atoms with Crippen LogP contribution in [0.1, 0.15) is 24.2 Å². The highest BCUT2D eigenvalue weighted by molar-refractivity contribution is 6.02. The molecule has 0 saturated heterocycles. The van der Waals surface area contributed by atoms with Crippen LogP contribution < -0.4 is 15.4 Å². The van der Waals surface area contributed by atoms with Crippen LogP contribution in [0.2, 0.25) is 0 Å². The van der Waals surface area contributed by atoms with Crippen LogP contribution in [0.3, 0.4) is 0 Å². The van der Waals surface area contributed by atoms with Crippen molar-refractivity contribution in [1.29, 1.82) is 0 Å². The van der Waals surface area contributed by atoms with Crippen molar-refractivity contribution < 1.29 is 14.3 Å². The molecule has 0 bridgehead atoms. The fourth-order valence-electron chi connectivity index (χ4n) is 2.33. The molecule has 5 heteroatoms. The van der Waals surface area contributed by atoms with Crippen LogP contribution >= 0.6 is 0 Å². The summed E-state index contributed by atoms with van der Waals surface area (Å²) in [6.07, 6.45) is 0. The van der Waals surface area contributed by atoms with Crippen molar-refractivity contribution in [3.05, 3.63) is 60.2 Å². The largest absolute Gasteiger partial charge is 0.496 e. The van der Waals surface area contributed by atoms with E-state index in [1.54, 1.807) is 36.4 Å². The van der Waals surface area contributed by atoms with Crippen molar-refractivity contribution in [3.63, 3.8) is 0 Å². The van der Waals surface area contributed by atoms with E-state index < -0.39 is 6.04 Å². The Morgan fingerprint density at radius 1 is 0.958 bits per heavy atom. The van der Waals surface area contributed by atoms with Gasteiger partial charge < -0.3 is 15.4 Å². The van der Waals surface area contributed by atoms with E-state index in [4.69, 9.17) is 4.74 Å². The van der Waals surface area contributed by atoms with Crippen molar-refractivity contribution in [3.8, 4) is 5.75 Å². The second kappa shape index (κ2) is 8.15. The van der Waals surface area contributed by atoms with Gasteiger partial charge in [-0.05, 0) is 30.2 Å². The number of carbonyl (C=O) groups is 2. The van der Waals surface area contributed by atoms with E-state index in [0.717, 1.165) is 0 Å². The molecule has 24 heavy (non-hydrogen) atoms. The average molecular weight is 326 g/mol. The molecular formula is C19H22N2O3. The van der Waals surface area contributed by atoms with Gasteiger partial charge in [-0.25, -0.2) is 0 Å². The SMILES string of the molecule is COc1ccccc1C(=O)N[C@H](C(=O)Nc1ccccc1)C(C)C. The van der Waals surface area contributed by atoms with Crippen LogP contribution in [0.5, 0.6) is 5.75 Å². The van der Waals surface area contributed by atoms with Gasteiger partial charge in [-0.1, -0.05) is 44.2 Å². The minimum Gasteiger partial charge on any atom is -0.496 e. The third kappa shape index (κ3) is 4.35. The summed E-state index contributed by atoms with van der Waals surface area (Å²) in [6.45, 7) is 3.77. The monoisotopic (exact) mass is 326 g/mol. The number of carbonyl (C=O) groups excluding carboxylic acids is 2. The van der Waals surface area contributed by atoms with Gasteiger partial charge in [0.25, 0.3) is 5.91 Å². The van der Waals surface area contributed by atoms with E-state index in [0.29, 0.717) is 17.0 Å². The zero-order valence-electron chi connectivity index (χ0n) is 14.1. The van der Waals surface area contributed by atoms with E-state index in [-0.39, 0.29) is 17.7 Å². The van der Waals surface area contributed by atoms with Gasteiger partial charge >= 0.3 is 0 Å². The van der Waals surface area contributed by atoms with Crippen LogP contribution in [-0.4, -0.2) is 25.0 Å². The fourth-order valence-corrected chi connectivity index (χ4v) is 2.33. The molecule has 0 radical (unpaired) electrons. The number of rotatable bonds is 6. The maximum atomic E-state index is 12.5. The molecule has 126 valence electrons. The normalized spacial score (nSPS) is 11.7. The van der Waals surface area contributed by atoms with E-state index in [1.807, 2.05) is 32.0 Å².